The van der Waals surface area contributed by atoms with Gasteiger partial charge in [-0.3, -0.25) is 4.79 Å². The van der Waals surface area contributed by atoms with Crippen LogP contribution in [-0.2, 0) is 0 Å². The van der Waals surface area contributed by atoms with Crippen LogP contribution in [0.5, 0.6) is 0 Å². The van der Waals surface area contributed by atoms with Gasteiger partial charge in [0.25, 0.3) is 5.22 Å². The summed E-state index contributed by atoms with van der Waals surface area (Å²) in [6, 6.07) is 8.86. The van der Waals surface area contributed by atoms with E-state index in [1.165, 1.54) is 6.07 Å². The highest BCUT2D eigenvalue weighted by atomic mass is 32.2. The quantitative estimate of drug-likeness (QED) is 0.491. The van der Waals surface area contributed by atoms with Crippen LogP contribution in [-0.4, -0.2) is 21.7 Å². The molecule has 0 unspecified atom stereocenters. The van der Waals surface area contributed by atoms with E-state index < -0.39 is 11.6 Å². The maximum atomic E-state index is 13.2. The summed E-state index contributed by atoms with van der Waals surface area (Å²) < 4.78 is 31.6. The average molecular weight is 360 g/mol. The number of hydrogen-bond acceptors (Lipinski definition) is 5. The number of ketones is 1. The van der Waals surface area contributed by atoms with Crippen molar-refractivity contribution in [3.8, 4) is 11.5 Å². The summed E-state index contributed by atoms with van der Waals surface area (Å²) in [7, 11) is 0. The SMILES string of the molecule is Cc1ccc(-c2nnc(SCC(=O)c3ccc(F)c(F)c3)o2)cc1C. The molecular formula is C18H14F2N2O2S. The number of aromatic nitrogens is 2. The van der Waals surface area contributed by atoms with Gasteiger partial charge in [0.1, 0.15) is 0 Å². The van der Waals surface area contributed by atoms with E-state index in [0.717, 1.165) is 40.6 Å². The average Bonchev–Trinajstić information content (AvgIpc) is 3.06. The predicted octanol–water partition coefficient (Wildman–Crippen LogP) is 4.61. The van der Waals surface area contributed by atoms with Crippen molar-refractivity contribution in [1.82, 2.24) is 10.2 Å². The Morgan fingerprint density at radius 1 is 1.04 bits per heavy atom. The summed E-state index contributed by atoms with van der Waals surface area (Å²) in [5.41, 5.74) is 3.17. The number of aryl methyl sites for hydroxylation is 2. The summed E-state index contributed by atoms with van der Waals surface area (Å²) in [6.45, 7) is 4.00. The van der Waals surface area contributed by atoms with Gasteiger partial charge in [-0.05, 0) is 55.3 Å². The Hall–Kier alpha value is -2.54. The first-order valence-electron chi connectivity index (χ1n) is 7.46. The van der Waals surface area contributed by atoms with Crippen LogP contribution in [0.3, 0.4) is 0 Å². The van der Waals surface area contributed by atoms with Crippen LogP contribution in [0.15, 0.2) is 46.0 Å². The van der Waals surface area contributed by atoms with Crippen molar-refractivity contribution in [2.75, 3.05) is 5.75 Å². The van der Waals surface area contributed by atoms with Gasteiger partial charge < -0.3 is 4.42 Å². The molecule has 3 aromatic rings. The number of carbonyl (C=O) groups is 1. The zero-order valence-corrected chi connectivity index (χ0v) is 14.4. The highest BCUT2D eigenvalue weighted by Crippen LogP contribution is 2.25. The van der Waals surface area contributed by atoms with Crippen LogP contribution in [0.2, 0.25) is 0 Å². The van der Waals surface area contributed by atoms with Crippen molar-refractivity contribution in [1.29, 1.82) is 0 Å². The molecule has 0 spiro atoms. The first-order chi connectivity index (χ1) is 11.9. The van der Waals surface area contributed by atoms with Crippen molar-refractivity contribution < 1.29 is 18.0 Å². The van der Waals surface area contributed by atoms with Crippen LogP contribution in [0.25, 0.3) is 11.5 Å². The van der Waals surface area contributed by atoms with Gasteiger partial charge in [0.15, 0.2) is 17.4 Å². The van der Waals surface area contributed by atoms with Crippen molar-refractivity contribution >= 4 is 17.5 Å². The van der Waals surface area contributed by atoms with E-state index in [1.54, 1.807) is 0 Å². The molecule has 0 aliphatic rings. The first-order valence-corrected chi connectivity index (χ1v) is 8.45. The summed E-state index contributed by atoms with van der Waals surface area (Å²) in [5.74, 6) is -2.04. The fourth-order valence-electron chi connectivity index (χ4n) is 2.14. The maximum Gasteiger partial charge on any atom is 0.277 e. The summed E-state index contributed by atoms with van der Waals surface area (Å²) in [5, 5.41) is 8.12. The minimum absolute atomic E-state index is 0.0143. The number of hydrogen-bond donors (Lipinski definition) is 0. The van der Waals surface area contributed by atoms with Gasteiger partial charge in [0.05, 0.1) is 5.75 Å². The number of Topliss-reactive ketones (excluding diaryl/α,β-unsaturated/α-hetero) is 1. The second-order valence-electron chi connectivity index (χ2n) is 5.51. The lowest BCUT2D eigenvalue weighted by molar-refractivity contribution is 0.102. The predicted molar refractivity (Wildman–Crippen MR) is 90.6 cm³/mol. The molecule has 0 bridgehead atoms. The fraction of sp³-hybridized carbons (Fsp3) is 0.167. The van der Waals surface area contributed by atoms with Gasteiger partial charge in [-0.1, -0.05) is 17.8 Å². The van der Waals surface area contributed by atoms with Gasteiger partial charge in [-0.15, -0.1) is 10.2 Å². The Kier molecular flexibility index (Phi) is 4.94. The van der Waals surface area contributed by atoms with Crippen LogP contribution < -0.4 is 0 Å². The van der Waals surface area contributed by atoms with Crippen molar-refractivity contribution in [3.63, 3.8) is 0 Å². The van der Waals surface area contributed by atoms with Gasteiger partial charge in [-0.25, -0.2) is 8.78 Å². The topological polar surface area (TPSA) is 56.0 Å². The number of rotatable bonds is 5. The van der Waals surface area contributed by atoms with Crippen LogP contribution >= 0.6 is 11.8 Å². The van der Waals surface area contributed by atoms with E-state index in [0.29, 0.717) is 5.89 Å². The second kappa shape index (κ2) is 7.14. The molecule has 0 fully saturated rings. The van der Waals surface area contributed by atoms with Crippen molar-refractivity contribution in [2.24, 2.45) is 0 Å². The highest BCUT2D eigenvalue weighted by molar-refractivity contribution is 7.99. The highest BCUT2D eigenvalue weighted by Gasteiger charge is 2.14. The number of nitrogens with zero attached hydrogens (tertiary/aromatic N) is 2. The molecule has 7 heteroatoms. The molecular weight excluding hydrogens is 346 g/mol. The smallest absolute Gasteiger partial charge is 0.277 e. The molecule has 0 saturated heterocycles. The van der Waals surface area contributed by atoms with E-state index in [2.05, 4.69) is 10.2 Å². The third kappa shape index (κ3) is 3.93. The molecule has 4 nitrogen and oxygen atoms in total. The molecule has 25 heavy (non-hydrogen) atoms. The molecule has 0 aliphatic heterocycles. The molecule has 1 heterocycles. The minimum Gasteiger partial charge on any atom is -0.411 e. The number of carbonyl (C=O) groups excluding carboxylic acids is 1. The molecule has 0 saturated carbocycles. The fourth-order valence-corrected chi connectivity index (χ4v) is 2.80. The summed E-state index contributed by atoms with van der Waals surface area (Å²) >= 11 is 1.05. The van der Waals surface area contributed by atoms with Crippen LogP contribution in [0.1, 0.15) is 21.5 Å². The van der Waals surface area contributed by atoms with Crippen LogP contribution in [0.4, 0.5) is 8.78 Å². The molecule has 0 radical (unpaired) electrons. The Labute approximate surface area is 147 Å². The zero-order valence-electron chi connectivity index (χ0n) is 13.5. The van der Waals surface area contributed by atoms with E-state index in [1.807, 2.05) is 32.0 Å². The Bertz CT molecular complexity index is 941. The molecule has 0 amide bonds. The molecule has 3 rings (SSSR count). The van der Waals surface area contributed by atoms with Gasteiger partial charge in [0.2, 0.25) is 5.89 Å². The Morgan fingerprint density at radius 3 is 2.56 bits per heavy atom. The largest absolute Gasteiger partial charge is 0.411 e. The van der Waals surface area contributed by atoms with Crippen molar-refractivity contribution in [2.45, 2.75) is 19.1 Å². The van der Waals surface area contributed by atoms with E-state index in [-0.39, 0.29) is 22.3 Å². The molecule has 0 N–H and O–H groups in total. The molecule has 0 aliphatic carbocycles. The van der Waals surface area contributed by atoms with Gasteiger partial charge >= 0.3 is 0 Å². The molecule has 2 aromatic carbocycles. The van der Waals surface area contributed by atoms with E-state index in [4.69, 9.17) is 4.42 Å². The lowest BCUT2D eigenvalue weighted by Gasteiger charge is -2.01. The lowest BCUT2D eigenvalue weighted by atomic mass is 10.1. The third-order valence-corrected chi connectivity index (χ3v) is 4.55. The van der Waals surface area contributed by atoms with Crippen LogP contribution in [0, 0.1) is 25.5 Å². The zero-order chi connectivity index (χ0) is 18.0. The monoisotopic (exact) mass is 360 g/mol. The van der Waals surface area contributed by atoms with Gasteiger partial charge in [0, 0.05) is 11.1 Å². The minimum atomic E-state index is -1.05. The standard InChI is InChI=1S/C18H14F2N2O2S/c1-10-3-4-13(7-11(10)2)17-21-22-18(24-17)25-9-16(23)12-5-6-14(19)15(20)8-12/h3-8H,9H2,1-2H3. The second-order valence-corrected chi connectivity index (χ2v) is 6.44. The number of benzene rings is 2. The maximum absolute atomic E-state index is 13.2. The summed E-state index contributed by atoms with van der Waals surface area (Å²) in [4.78, 5) is 12.0. The molecule has 128 valence electrons. The first kappa shape index (κ1) is 17.3. The summed E-state index contributed by atoms with van der Waals surface area (Å²) in [6.07, 6.45) is 0. The number of thioether (sulfide) groups is 1. The third-order valence-electron chi connectivity index (χ3n) is 3.73. The number of halogens is 2. The molecule has 0 atom stereocenters. The Morgan fingerprint density at radius 2 is 1.84 bits per heavy atom. The lowest BCUT2D eigenvalue weighted by Crippen LogP contribution is -2.03. The normalized spacial score (nSPS) is 10.9. The van der Waals surface area contributed by atoms with Gasteiger partial charge in [-0.2, -0.15) is 0 Å². The van der Waals surface area contributed by atoms with E-state index >= 15 is 0 Å². The van der Waals surface area contributed by atoms with Crippen molar-refractivity contribution in [3.05, 3.63) is 64.7 Å². The van der Waals surface area contributed by atoms with E-state index in [9.17, 15) is 13.6 Å². The molecule has 1 aromatic heterocycles. The Balaban J connectivity index is 1.68.